The Balaban J connectivity index is 2.80. The molecule has 1 unspecified atom stereocenters. The van der Waals surface area contributed by atoms with E-state index in [2.05, 4.69) is 0 Å². The van der Waals surface area contributed by atoms with Gasteiger partial charge in [-0.25, -0.2) is 9.00 Å². The van der Waals surface area contributed by atoms with Gasteiger partial charge in [-0.1, -0.05) is 0 Å². The highest BCUT2D eigenvalue weighted by Crippen LogP contribution is 2.03. The van der Waals surface area contributed by atoms with Gasteiger partial charge in [-0.2, -0.15) is 0 Å². The Labute approximate surface area is 76.7 Å². The summed E-state index contributed by atoms with van der Waals surface area (Å²) >= 11 is -2.09. The van der Waals surface area contributed by atoms with Crippen molar-refractivity contribution in [2.75, 3.05) is 0 Å². The first-order valence-electron chi connectivity index (χ1n) is 3.30. The third kappa shape index (κ3) is 2.85. The van der Waals surface area contributed by atoms with E-state index >= 15 is 0 Å². The summed E-state index contributed by atoms with van der Waals surface area (Å²) in [7, 11) is 0. The van der Waals surface area contributed by atoms with Crippen LogP contribution in [0.25, 0.3) is 6.08 Å². The lowest BCUT2D eigenvalue weighted by molar-refractivity contribution is -0.131. The van der Waals surface area contributed by atoms with E-state index in [0.717, 1.165) is 10.0 Å². The van der Waals surface area contributed by atoms with E-state index < -0.39 is 17.2 Å². The average Bonchev–Trinajstić information content (AvgIpc) is 2.48. The maximum Gasteiger partial charge on any atom is 0.328 e. The van der Waals surface area contributed by atoms with Gasteiger partial charge in [0.15, 0.2) is 0 Å². The van der Waals surface area contributed by atoms with Crippen molar-refractivity contribution in [3.63, 3.8) is 0 Å². The molecule has 70 valence electrons. The minimum Gasteiger partial charge on any atom is -0.478 e. The number of rotatable bonds is 3. The molecule has 0 aliphatic carbocycles. The van der Waals surface area contributed by atoms with Crippen molar-refractivity contribution in [2.24, 2.45) is 0 Å². The molecule has 0 saturated carbocycles. The van der Waals surface area contributed by atoms with Gasteiger partial charge in [-0.05, 0) is 17.7 Å². The normalized spacial score (nSPS) is 13.3. The molecule has 1 heterocycles. The summed E-state index contributed by atoms with van der Waals surface area (Å²) < 4.78 is 20.2. The first kappa shape index (κ1) is 9.69. The highest BCUT2D eigenvalue weighted by atomic mass is 32.2. The van der Waals surface area contributed by atoms with Crippen LogP contribution in [0.1, 0.15) is 5.56 Å². The molecular weight excluding hydrogens is 194 g/mol. The molecule has 0 amide bonds. The quantitative estimate of drug-likeness (QED) is 0.553. The van der Waals surface area contributed by atoms with Crippen LogP contribution in [0.2, 0.25) is 0 Å². The van der Waals surface area contributed by atoms with Crippen molar-refractivity contribution < 1.29 is 18.7 Å². The topological polar surface area (TPSA) is 79.5 Å². The van der Waals surface area contributed by atoms with E-state index in [4.69, 9.17) is 9.66 Å². The molecule has 0 radical (unpaired) electrons. The number of carboxylic acid groups (broad SMARTS) is 1. The fraction of sp³-hybridized carbons (Fsp3) is 0. The number of aromatic nitrogens is 1. The molecular formula is C7H7NO4S. The van der Waals surface area contributed by atoms with Crippen molar-refractivity contribution in [1.82, 2.24) is 3.97 Å². The number of carboxylic acids is 1. The Hall–Kier alpha value is -1.40. The maximum atomic E-state index is 10.5. The molecule has 1 rings (SSSR count). The highest BCUT2D eigenvalue weighted by Gasteiger charge is 1.97. The van der Waals surface area contributed by atoms with Gasteiger partial charge in [0.1, 0.15) is 0 Å². The molecule has 1 aromatic rings. The number of hydrogen-bond donors (Lipinski definition) is 2. The molecule has 0 aliphatic heterocycles. The number of nitrogens with zero attached hydrogens (tertiary/aromatic N) is 1. The van der Waals surface area contributed by atoms with E-state index in [1.54, 1.807) is 0 Å². The van der Waals surface area contributed by atoms with Gasteiger partial charge in [0.05, 0.1) is 0 Å². The monoisotopic (exact) mass is 201 g/mol. The largest absolute Gasteiger partial charge is 0.478 e. The summed E-state index contributed by atoms with van der Waals surface area (Å²) in [6.07, 6.45) is 5.05. The second-order valence-corrected chi connectivity index (χ2v) is 3.09. The van der Waals surface area contributed by atoms with Crippen LogP contribution in [-0.4, -0.2) is 23.8 Å². The van der Waals surface area contributed by atoms with E-state index in [-0.39, 0.29) is 0 Å². The number of carbonyl (C=O) groups is 1. The highest BCUT2D eigenvalue weighted by molar-refractivity contribution is 7.77. The second kappa shape index (κ2) is 4.01. The van der Waals surface area contributed by atoms with Crippen LogP contribution in [0.15, 0.2) is 24.5 Å². The standard InChI is InChI=1S/C7H7NO4S/c9-7(10)2-1-6-3-4-8(5-6)13(11)12/h1-5H,(H,9,10)(H,11,12)/b2-1+. The molecule has 0 spiro atoms. The average molecular weight is 201 g/mol. The zero-order valence-corrected chi connectivity index (χ0v) is 7.27. The molecule has 5 nitrogen and oxygen atoms in total. The first-order chi connectivity index (χ1) is 6.09. The Kier molecular flexibility index (Phi) is 2.99. The maximum absolute atomic E-state index is 10.5. The van der Waals surface area contributed by atoms with Crippen LogP contribution >= 0.6 is 0 Å². The lowest BCUT2D eigenvalue weighted by Crippen LogP contribution is -1.97. The molecule has 13 heavy (non-hydrogen) atoms. The number of aliphatic carboxylic acids is 1. The molecule has 0 saturated heterocycles. The van der Waals surface area contributed by atoms with Crippen LogP contribution in [-0.2, 0) is 16.1 Å². The van der Waals surface area contributed by atoms with Crippen LogP contribution in [0.5, 0.6) is 0 Å². The first-order valence-corrected chi connectivity index (χ1v) is 4.36. The summed E-state index contributed by atoms with van der Waals surface area (Å²) in [4.78, 5) is 10.1. The van der Waals surface area contributed by atoms with Gasteiger partial charge in [-0.3, -0.25) is 8.53 Å². The van der Waals surface area contributed by atoms with Crippen molar-refractivity contribution in [3.8, 4) is 0 Å². The predicted molar refractivity (Wildman–Crippen MR) is 47.3 cm³/mol. The summed E-state index contributed by atoms with van der Waals surface area (Å²) in [5, 5.41) is 8.29. The predicted octanol–water partition coefficient (Wildman–Crippen LogP) is 0.571. The van der Waals surface area contributed by atoms with Crippen molar-refractivity contribution >= 4 is 23.3 Å². The third-order valence-corrected chi connectivity index (χ3v) is 1.88. The molecule has 1 atom stereocenters. The van der Waals surface area contributed by atoms with E-state index in [1.165, 1.54) is 24.5 Å². The molecule has 0 aromatic carbocycles. The molecule has 6 heteroatoms. The molecule has 0 aliphatic rings. The van der Waals surface area contributed by atoms with Gasteiger partial charge in [-0.15, -0.1) is 0 Å². The van der Waals surface area contributed by atoms with Crippen LogP contribution < -0.4 is 0 Å². The lowest BCUT2D eigenvalue weighted by Gasteiger charge is -1.89. The molecule has 0 bridgehead atoms. The fourth-order valence-electron chi connectivity index (χ4n) is 0.756. The number of hydrogen-bond acceptors (Lipinski definition) is 2. The Morgan fingerprint density at radius 3 is 2.77 bits per heavy atom. The van der Waals surface area contributed by atoms with Gasteiger partial charge in [0, 0.05) is 18.5 Å². The lowest BCUT2D eigenvalue weighted by atomic mass is 10.3. The summed E-state index contributed by atoms with van der Waals surface area (Å²) in [5.41, 5.74) is 0.560. The van der Waals surface area contributed by atoms with Gasteiger partial charge < -0.3 is 5.11 Å². The van der Waals surface area contributed by atoms with Gasteiger partial charge >= 0.3 is 5.97 Å². The van der Waals surface area contributed by atoms with Crippen molar-refractivity contribution in [2.45, 2.75) is 0 Å². The zero-order valence-electron chi connectivity index (χ0n) is 6.45. The van der Waals surface area contributed by atoms with Crippen molar-refractivity contribution in [3.05, 3.63) is 30.1 Å². The molecule has 2 N–H and O–H groups in total. The third-order valence-electron chi connectivity index (χ3n) is 1.29. The van der Waals surface area contributed by atoms with Crippen LogP contribution in [0.4, 0.5) is 0 Å². The van der Waals surface area contributed by atoms with Crippen LogP contribution in [0.3, 0.4) is 0 Å². The molecule has 0 fully saturated rings. The zero-order chi connectivity index (χ0) is 9.84. The summed E-state index contributed by atoms with van der Waals surface area (Å²) in [6, 6.07) is 1.54. The van der Waals surface area contributed by atoms with E-state index in [0.29, 0.717) is 5.56 Å². The Morgan fingerprint density at radius 2 is 2.31 bits per heavy atom. The summed E-state index contributed by atoms with van der Waals surface area (Å²) in [5.74, 6) is -1.06. The van der Waals surface area contributed by atoms with Gasteiger partial charge in [0.2, 0.25) is 0 Å². The smallest absolute Gasteiger partial charge is 0.328 e. The fourth-order valence-corrected chi connectivity index (χ4v) is 1.13. The van der Waals surface area contributed by atoms with E-state index in [1.807, 2.05) is 0 Å². The van der Waals surface area contributed by atoms with Crippen LogP contribution in [0, 0.1) is 0 Å². The van der Waals surface area contributed by atoms with Crippen molar-refractivity contribution in [1.29, 1.82) is 0 Å². The Bertz CT molecular complexity index is 368. The summed E-state index contributed by atoms with van der Waals surface area (Å²) in [6.45, 7) is 0. The van der Waals surface area contributed by atoms with Gasteiger partial charge in [0.25, 0.3) is 11.3 Å². The SMILES string of the molecule is O=C(O)/C=C/c1ccn(S(=O)O)c1. The minimum absolute atomic E-state index is 0.560. The second-order valence-electron chi connectivity index (χ2n) is 2.21. The molecule has 1 aromatic heterocycles. The minimum atomic E-state index is -2.09. The van der Waals surface area contributed by atoms with E-state index in [9.17, 15) is 9.00 Å². The Morgan fingerprint density at radius 1 is 1.62 bits per heavy atom.